The number of nitrogens with one attached hydrogen (secondary N) is 1. The van der Waals surface area contributed by atoms with Crippen molar-refractivity contribution in [3.05, 3.63) is 29.6 Å². The molecule has 2 heteroatoms. The molecule has 0 aliphatic carbocycles. The van der Waals surface area contributed by atoms with Crippen LogP contribution in [0.25, 0.3) is 0 Å². The molecule has 2 nitrogen and oxygen atoms in total. The summed E-state index contributed by atoms with van der Waals surface area (Å²) in [4.78, 5) is 4.54. The maximum absolute atomic E-state index is 4.54. The molecule has 0 amide bonds. The predicted molar refractivity (Wildman–Crippen MR) is 78.5 cm³/mol. The van der Waals surface area contributed by atoms with Crippen molar-refractivity contribution in [2.24, 2.45) is 11.8 Å². The molecule has 1 heterocycles. The van der Waals surface area contributed by atoms with Gasteiger partial charge in [0.25, 0.3) is 0 Å². The molecule has 0 radical (unpaired) electrons. The summed E-state index contributed by atoms with van der Waals surface area (Å²) in [7, 11) is 0. The van der Waals surface area contributed by atoms with E-state index in [2.05, 4.69) is 50.1 Å². The van der Waals surface area contributed by atoms with Gasteiger partial charge in [-0.25, -0.2) is 0 Å². The van der Waals surface area contributed by atoms with E-state index in [1.54, 1.807) is 0 Å². The molecule has 0 atom stereocenters. The molecule has 0 aromatic carbocycles. The van der Waals surface area contributed by atoms with Gasteiger partial charge in [0, 0.05) is 18.3 Å². The SMILES string of the molecule is Cc1cccc(CNC(CC(C)C)CC(C)C)n1. The van der Waals surface area contributed by atoms with E-state index in [4.69, 9.17) is 0 Å². The number of nitrogens with zero attached hydrogens (tertiary/aromatic N) is 1. The zero-order valence-electron chi connectivity index (χ0n) is 12.5. The van der Waals surface area contributed by atoms with Crippen LogP contribution in [0.3, 0.4) is 0 Å². The largest absolute Gasteiger partial charge is 0.308 e. The van der Waals surface area contributed by atoms with E-state index in [1.807, 2.05) is 13.0 Å². The van der Waals surface area contributed by atoms with E-state index in [1.165, 1.54) is 12.8 Å². The van der Waals surface area contributed by atoms with Gasteiger partial charge in [-0.15, -0.1) is 0 Å². The van der Waals surface area contributed by atoms with Gasteiger partial charge in [0.2, 0.25) is 0 Å². The van der Waals surface area contributed by atoms with Crippen molar-refractivity contribution in [3.63, 3.8) is 0 Å². The van der Waals surface area contributed by atoms with Gasteiger partial charge in [-0.1, -0.05) is 33.8 Å². The lowest BCUT2D eigenvalue weighted by atomic mass is 9.95. The molecular weight excluding hydrogens is 220 g/mol. The number of hydrogen-bond acceptors (Lipinski definition) is 2. The van der Waals surface area contributed by atoms with E-state index in [-0.39, 0.29) is 0 Å². The van der Waals surface area contributed by atoms with Gasteiger partial charge in [-0.3, -0.25) is 4.98 Å². The maximum atomic E-state index is 4.54. The topological polar surface area (TPSA) is 24.9 Å². The smallest absolute Gasteiger partial charge is 0.0544 e. The fraction of sp³-hybridized carbons (Fsp3) is 0.688. The molecule has 1 aromatic heterocycles. The third-order valence-corrected chi connectivity index (χ3v) is 3.03. The van der Waals surface area contributed by atoms with Gasteiger partial charge >= 0.3 is 0 Å². The van der Waals surface area contributed by atoms with Gasteiger partial charge in [0.05, 0.1) is 5.69 Å². The van der Waals surface area contributed by atoms with Crippen molar-refractivity contribution >= 4 is 0 Å². The van der Waals surface area contributed by atoms with Crippen LogP contribution >= 0.6 is 0 Å². The molecular formula is C16H28N2. The lowest BCUT2D eigenvalue weighted by Crippen LogP contribution is -2.31. The lowest BCUT2D eigenvalue weighted by Gasteiger charge is -2.22. The van der Waals surface area contributed by atoms with Crippen molar-refractivity contribution in [1.29, 1.82) is 0 Å². The summed E-state index contributed by atoms with van der Waals surface area (Å²) < 4.78 is 0. The summed E-state index contributed by atoms with van der Waals surface area (Å²) >= 11 is 0. The van der Waals surface area contributed by atoms with Crippen LogP contribution in [0.15, 0.2) is 18.2 Å². The first kappa shape index (κ1) is 15.2. The van der Waals surface area contributed by atoms with Gasteiger partial charge in [0.15, 0.2) is 0 Å². The summed E-state index contributed by atoms with van der Waals surface area (Å²) in [5.74, 6) is 1.48. The molecule has 0 aliphatic rings. The minimum absolute atomic E-state index is 0.604. The number of pyridine rings is 1. The third-order valence-electron chi connectivity index (χ3n) is 3.03. The molecule has 0 fully saturated rings. The summed E-state index contributed by atoms with van der Waals surface area (Å²) in [5.41, 5.74) is 2.24. The molecule has 0 aliphatic heterocycles. The molecule has 1 aromatic rings. The Labute approximate surface area is 112 Å². The highest BCUT2D eigenvalue weighted by atomic mass is 14.9. The van der Waals surface area contributed by atoms with Crippen LogP contribution in [-0.4, -0.2) is 11.0 Å². The average molecular weight is 248 g/mol. The Balaban J connectivity index is 2.50. The van der Waals surface area contributed by atoms with Crippen molar-refractivity contribution in [3.8, 4) is 0 Å². The number of aryl methyl sites for hydroxylation is 1. The van der Waals surface area contributed by atoms with Crippen molar-refractivity contribution in [2.75, 3.05) is 0 Å². The average Bonchev–Trinajstić information content (AvgIpc) is 2.24. The molecule has 0 spiro atoms. The van der Waals surface area contributed by atoms with E-state index in [9.17, 15) is 0 Å². The fourth-order valence-corrected chi connectivity index (χ4v) is 2.35. The summed E-state index contributed by atoms with van der Waals surface area (Å²) in [6.45, 7) is 12.1. The van der Waals surface area contributed by atoms with Crippen LogP contribution in [0.1, 0.15) is 51.9 Å². The van der Waals surface area contributed by atoms with Crippen LogP contribution in [0.2, 0.25) is 0 Å². The Morgan fingerprint density at radius 3 is 2.17 bits per heavy atom. The monoisotopic (exact) mass is 248 g/mol. The first-order chi connectivity index (χ1) is 8.47. The van der Waals surface area contributed by atoms with Crippen molar-refractivity contribution in [2.45, 2.75) is 60.0 Å². The molecule has 18 heavy (non-hydrogen) atoms. The van der Waals surface area contributed by atoms with Gasteiger partial charge in [-0.05, 0) is 43.7 Å². The number of aromatic nitrogens is 1. The Bertz CT molecular complexity index is 335. The number of hydrogen-bond donors (Lipinski definition) is 1. The molecule has 1 rings (SSSR count). The second kappa shape index (κ2) is 7.52. The highest BCUT2D eigenvalue weighted by molar-refractivity contribution is 5.09. The lowest BCUT2D eigenvalue weighted by molar-refractivity contribution is 0.357. The first-order valence-electron chi connectivity index (χ1n) is 7.13. The van der Waals surface area contributed by atoms with Crippen LogP contribution < -0.4 is 5.32 Å². The highest BCUT2D eigenvalue weighted by Gasteiger charge is 2.12. The number of rotatable bonds is 7. The molecule has 0 saturated heterocycles. The van der Waals surface area contributed by atoms with Crippen molar-refractivity contribution in [1.82, 2.24) is 10.3 Å². The van der Waals surface area contributed by atoms with Gasteiger partial charge < -0.3 is 5.32 Å². The molecule has 0 unspecified atom stereocenters. The summed E-state index contributed by atoms with van der Waals surface area (Å²) in [5, 5.41) is 3.66. The van der Waals surface area contributed by atoms with E-state index in [0.717, 1.165) is 29.8 Å². The van der Waals surface area contributed by atoms with Crippen molar-refractivity contribution < 1.29 is 0 Å². The van der Waals surface area contributed by atoms with Crippen LogP contribution in [0.5, 0.6) is 0 Å². The highest BCUT2D eigenvalue weighted by Crippen LogP contribution is 2.13. The standard InChI is InChI=1S/C16H28N2/c1-12(2)9-16(10-13(3)4)17-11-15-8-6-7-14(5)18-15/h6-8,12-13,16-17H,9-11H2,1-5H3. The van der Waals surface area contributed by atoms with Gasteiger partial charge in [0.1, 0.15) is 0 Å². The zero-order valence-corrected chi connectivity index (χ0v) is 12.5. The summed E-state index contributed by atoms with van der Waals surface area (Å²) in [6, 6.07) is 6.83. The maximum Gasteiger partial charge on any atom is 0.0544 e. The zero-order chi connectivity index (χ0) is 13.5. The van der Waals surface area contributed by atoms with Crippen LogP contribution in [-0.2, 0) is 6.54 Å². The van der Waals surface area contributed by atoms with E-state index < -0.39 is 0 Å². The second-order valence-electron chi connectivity index (χ2n) is 6.11. The quantitative estimate of drug-likeness (QED) is 0.790. The molecule has 102 valence electrons. The minimum Gasteiger partial charge on any atom is -0.308 e. The Hall–Kier alpha value is -0.890. The first-order valence-corrected chi connectivity index (χ1v) is 7.13. The minimum atomic E-state index is 0.604. The van der Waals surface area contributed by atoms with E-state index in [0.29, 0.717) is 6.04 Å². The van der Waals surface area contributed by atoms with Crippen LogP contribution in [0, 0.1) is 18.8 Å². The molecule has 0 saturated carbocycles. The van der Waals surface area contributed by atoms with E-state index >= 15 is 0 Å². The van der Waals surface area contributed by atoms with Gasteiger partial charge in [-0.2, -0.15) is 0 Å². The summed E-state index contributed by atoms with van der Waals surface area (Å²) in [6.07, 6.45) is 2.48. The fourth-order valence-electron chi connectivity index (χ4n) is 2.35. The Kier molecular flexibility index (Phi) is 6.34. The predicted octanol–water partition coefficient (Wildman–Crippen LogP) is 3.94. The third kappa shape index (κ3) is 6.15. The van der Waals surface area contributed by atoms with Crippen LogP contribution in [0.4, 0.5) is 0 Å². The molecule has 0 bridgehead atoms. The second-order valence-corrected chi connectivity index (χ2v) is 6.11. The normalized spacial score (nSPS) is 11.8. The Morgan fingerprint density at radius 2 is 1.67 bits per heavy atom. The Morgan fingerprint density at radius 1 is 1.06 bits per heavy atom. The molecule has 1 N–H and O–H groups in total.